The van der Waals surface area contributed by atoms with Gasteiger partial charge in [0.15, 0.2) is 5.82 Å². The van der Waals surface area contributed by atoms with Gasteiger partial charge >= 0.3 is 0 Å². The number of nitrogens with zero attached hydrogens (tertiary/aromatic N) is 8. The van der Waals surface area contributed by atoms with Gasteiger partial charge in [0.25, 0.3) is 0 Å². The zero-order chi connectivity index (χ0) is 33.2. The molecule has 5 aromatic rings. The van der Waals surface area contributed by atoms with Gasteiger partial charge in [-0.15, -0.1) is 0 Å². The number of aromatic nitrogens is 6. The summed E-state index contributed by atoms with van der Waals surface area (Å²) in [7, 11) is 3.44. The van der Waals surface area contributed by atoms with E-state index < -0.39 is 0 Å². The molecule has 0 unspecified atom stereocenters. The number of ether oxygens (including phenoxy) is 1. The third-order valence-corrected chi connectivity index (χ3v) is 9.27. The van der Waals surface area contributed by atoms with E-state index in [1.165, 1.54) is 5.57 Å². The molecule has 12 nitrogen and oxygen atoms in total. The van der Waals surface area contributed by atoms with Crippen LogP contribution in [-0.2, 0) is 16.6 Å². The van der Waals surface area contributed by atoms with Gasteiger partial charge in [0.1, 0.15) is 12.0 Å². The van der Waals surface area contributed by atoms with E-state index in [0.29, 0.717) is 55.8 Å². The summed E-state index contributed by atoms with van der Waals surface area (Å²) < 4.78 is 6.99. The Bertz CT molecular complexity index is 1980. The number of anilines is 1. The lowest BCUT2D eigenvalue weighted by Crippen LogP contribution is -2.42. The normalized spacial score (nSPS) is 16.7. The minimum atomic E-state index is -0.172. The van der Waals surface area contributed by atoms with Crippen LogP contribution in [0.4, 0.5) is 5.69 Å². The Kier molecular flexibility index (Phi) is 8.72. The molecule has 0 radical (unpaired) electrons. The Hall–Kier alpha value is -5.36. The number of likely N-dealkylation sites (tertiary alicyclic amines) is 1. The van der Waals surface area contributed by atoms with E-state index in [4.69, 9.17) is 4.74 Å². The van der Waals surface area contributed by atoms with Crippen molar-refractivity contribution in [3.63, 3.8) is 0 Å². The van der Waals surface area contributed by atoms with Crippen LogP contribution in [0.15, 0.2) is 73.1 Å². The Morgan fingerprint density at radius 2 is 1.90 bits per heavy atom. The van der Waals surface area contributed by atoms with Crippen molar-refractivity contribution in [2.75, 3.05) is 51.3 Å². The van der Waals surface area contributed by atoms with Crippen molar-refractivity contribution < 1.29 is 14.3 Å². The molecule has 0 bridgehead atoms. The van der Waals surface area contributed by atoms with Crippen molar-refractivity contribution in [3.8, 4) is 28.7 Å². The molecular weight excluding hydrogens is 606 g/mol. The number of hydrogen-bond donors (Lipinski definition) is 1. The fourth-order valence-electron chi connectivity index (χ4n) is 6.64. The lowest BCUT2D eigenvalue weighted by Gasteiger charge is -2.29. The van der Waals surface area contributed by atoms with Crippen molar-refractivity contribution >= 4 is 34.0 Å². The number of pyridine rings is 1. The van der Waals surface area contributed by atoms with E-state index in [1.54, 1.807) is 24.2 Å². The van der Waals surface area contributed by atoms with Crippen LogP contribution >= 0.6 is 0 Å². The van der Waals surface area contributed by atoms with Crippen LogP contribution in [0.2, 0.25) is 0 Å². The quantitative estimate of drug-likeness (QED) is 0.250. The summed E-state index contributed by atoms with van der Waals surface area (Å²) >= 11 is 0. The molecule has 2 amide bonds. The lowest BCUT2D eigenvalue weighted by molar-refractivity contribution is -0.132. The van der Waals surface area contributed by atoms with Crippen molar-refractivity contribution in [2.45, 2.75) is 19.8 Å². The molecular formula is C36H39N9O3. The monoisotopic (exact) mass is 645 g/mol. The number of carbonyl (C=O) groups is 2. The van der Waals surface area contributed by atoms with Gasteiger partial charge in [-0.05, 0) is 61.7 Å². The van der Waals surface area contributed by atoms with E-state index in [2.05, 4.69) is 48.4 Å². The number of carbonyl (C=O) groups excluding carboxylic acids is 2. The number of fused-ring (bicyclic) bond motifs is 1. The molecule has 2 aliphatic heterocycles. The summed E-state index contributed by atoms with van der Waals surface area (Å²) in [6.07, 6.45) is 5.37. The lowest BCUT2D eigenvalue weighted by atomic mass is 9.98. The number of amides is 2. The molecule has 5 heterocycles. The maximum absolute atomic E-state index is 13.8. The van der Waals surface area contributed by atoms with E-state index in [-0.39, 0.29) is 17.7 Å². The smallest absolute Gasteiger partial charge is 0.237 e. The number of benzene rings is 2. The predicted octanol–water partition coefficient (Wildman–Crippen LogP) is 4.42. The number of aryl methyl sites for hydroxylation is 1. The summed E-state index contributed by atoms with van der Waals surface area (Å²) in [5.41, 5.74) is 6.45. The number of hydrogen-bond acceptors (Lipinski definition) is 8. The Morgan fingerprint density at radius 1 is 1.06 bits per heavy atom. The third-order valence-electron chi connectivity index (χ3n) is 9.27. The number of rotatable bonds is 9. The highest BCUT2D eigenvalue weighted by atomic mass is 16.5. The average Bonchev–Trinajstić information content (AvgIpc) is 3.89. The van der Waals surface area contributed by atoms with Crippen LogP contribution in [0.1, 0.15) is 25.3 Å². The summed E-state index contributed by atoms with van der Waals surface area (Å²) in [5.74, 6) is 1.23. The van der Waals surface area contributed by atoms with E-state index in [1.807, 2.05) is 66.2 Å². The van der Waals surface area contributed by atoms with Gasteiger partial charge in [-0.25, -0.2) is 9.97 Å². The molecule has 0 aliphatic carbocycles. The molecule has 1 saturated heterocycles. The van der Waals surface area contributed by atoms with E-state index >= 15 is 0 Å². The zero-order valence-corrected chi connectivity index (χ0v) is 27.5. The topological polar surface area (TPSA) is 125 Å². The standard InChI is InChI=1S/C36H39N9O3/c1-4-45(28-12-13-30-29(20-28)34(40-39-30)31-6-5-7-32(38-31)48-3)36(47)27-14-17-43(21-27)22-33(46)44-18-15-25(16-19-44)24-8-10-26(11-9-24)35-37-23-42(2)41-35/h5-13,15,20,23,27H,4,14,16-19,21-22H2,1-3H3,(H,39,40)/t27-/m1/s1. The first kappa shape index (κ1) is 31.3. The van der Waals surface area contributed by atoms with Crippen LogP contribution in [0.25, 0.3) is 39.3 Å². The van der Waals surface area contributed by atoms with Crippen molar-refractivity contribution in [3.05, 3.63) is 78.6 Å². The van der Waals surface area contributed by atoms with Crippen molar-refractivity contribution in [2.24, 2.45) is 13.0 Å². The summed E-state index contributed by atoms with van der Waals surface area (Å²) in [4.78, 5) is 41.9. The average molecular weight is 646 g/mol. The van der Waals surface area contributed by atoms with Crippen LogP contribution in [0.5, 0.6) is 5.88 Å². The molecule has 1 fully saturated rings. The number of nitrogens with one attached hydrogen (secondary N) is 1. The molecule has 2 aromatic carbocycles. The highest BCUT2D eigenvalue weighted by Gasteiger charge is 2.33. The summed E-state index contributed by atoms with van der Waals surface area (Å²) in [5, 5.41) is 12.8. The molecule has 48 heavy (non-hydrogen) atoms. The molecule has 246 valence electrons. The summed E-state index contributed by atoms with van der Waals surface area (Å²) in [6.45, 7) is 5.40. The second kappa shape index (κ2) is 13.4. The van der Waals surface area contributed by atoms with Crippen LogP contribution in [0, 0.1) is 5.92 Å². The molecule has 0 spiro atoms. The highest BCUT2D eigenvalue weighted by molar-refractivity contribution is 6.00. The van der Waals surface area contributed by atoms with Crippen LogP contribution < -0.4 is 9.64 Å². The Balaban J connectivity index is 0.960. The second-order valence-electron chi connectivity index (χ2n) is 12.3. The Morgan fingerprint density at radius 3 is 2.62 bits per heavy atom. The molecule has 12 heteroatoms. The van der Waals surface area contributed by atoms with E-state index in [0.717, 1.165) is 47.1 Å². The number of H-pyrrole nitrogens is 1. The second-order valence-corrected chi connectivity index (χ2v) is 12.3. The Labute approximate surface area is 279 Å². The van der Waals surface area contributed by atoms with Crippen molar-refractivity contribution in [1.82, 2.24) is 39.7 Å². The first-order valence-electron chi connectivity index (χ1n) is 16.4. The van der Waals surface area contributed by atoms with Gasteiger partial charge in [0.2, 0.25) is 17.7 Å². The molecule has 1 N–H and O–H groups in total. The van der Waals surface area contributed by atoms with Gasteiger partial charge in [0, 0.05) is 55.9 Å². The highest BCUT2D eigenvalue weighted by Crippen LogP contribution is 2.31. The minimum absolute atomic E-state index is 0.0757. The largest absolute Gasteiger partial charge is 0.481 e. The van der Waals surface area contributed by atoms with Crippen molar-refractivity contribution in [1.29, 1.82) is 0 Å². The molecule has 2 aliphatic rings. The van der Waals surface area contributed by atoms with Gasteiger partial charge in [0.05, 0.1) is 30.8 Å². The van der Waals surface area contributed by atoms with Gasteiger partial charge in [-0.2, -0.15) is 10.2 Å². The van der Waals surface area contributed by atoms with Crippen LogP contribution in [-0.4, -0.2) is 97.9 Å². The predicted molar refractivity (Wildman–Crippen MR) is 184 cm³/mol. The third kappa shape index (κ3) is 6.30. The first-order valence-corrected chi connectivity index (χ1v) is 16.4. The number of methoxy groups -OCH3 is 1. The summed E-state index contributed by atoms with van der Waals surface area (Å²) in [6, 6.07) is 19.7. The zero-order valence-electron chi connectivity index (χ0n) is 27.5. The van der Waals surface area contributed by atoms with E-state index in [9.17, 15) is 9.59 Å². The SMILES string of the molecule is CCN(C(=O)[C@@H]1CCN(CC(=O)N2CC=C(c3ccc(-c4ncn(C)n4)cc3)CC2)C1)c1ccc2[nH]nc(-c3cccc(OC)n3)c2c1. The van der Waals surface area contributed by atoms with Crippen LogP contribution in [0.3, 0.4) is 0 Å². The number of aromatic amines is 1. The molecule has 1 atom stereocenters. The fraction of sp³-hybridized carbons (Fsp3) is 0.333. The molecule has 0 saturated carbocycles. The first-order chi connectivity index (χ1) is 23.4. The molecule has 7 rings (SSSR count). The minimum Gasteiger partial charge on any atom is -0.481 e. The van der Waals surface area contributed by atoms with Gasteiger partial charge in [-0.1, -0.05) is 36.4 Å². The molecule has 3 aromatic heterocycles. The fourth-order valence-corrected chi connectivity index (χ4v) is 6.64. The van der Waals surface area contributed by atoms with Gasteiger partial charge in [-0.3, -0.25) is 24.3 Å². The maximum atomic E-state index is 13.8. The maximum Gasteiger partial charge on any atom is 0.237 e. The van der Waals surface area contributed by atoms with Gasteiger partial charge < -0.3 is 14.5 Å².